The Kier molecular flexibility index (Phi) is 4.11. The van der Waals surface area contributed by atoms with Gasteiger partial charge in [-0.2, -0.15) is 0 Å². The van der Waals surface area contributed by atoms with Crippen molar-refractivity contribution in [2.24, 2.45) is 0 Å². The Balaban J connectivity index is 1.86. The van der Waals surface area contributed by atoms with Gasteiger partial charge in [0.15, 0.2) is 9.84 Å². The normalized spacial score (nSPS) is 13.9. The van der Waals surface area contributed by atoms with Crippen LogP contribution in [0.1, 0.15) is 11.6 Å². The Labute approximate surface area is 160 Å². The van der Waals surface area contributed by atoms with Crippen LogP contribution in [0.3, 0.4) is 0 Å². The molecule has 1 aliphatic heterocycles. The lowest BCUT2D eigenvalue weighted by atomic mass is 10.2. The topological polar surface area (TPSA) is 68.1 Å². The molecule has 3 aromatic rings. The van der Waals surface area contributed by atoms with Gasteiger partial charge in [0.1, 0.15) is 11.6 Å². The van der Waals surface area contributed by atoms with Crippen LogP contribution in [0.2, 0.25) is 0 Å². The molecule has 0 saturated heterocycles. The first kappa shape index (κ1) is 17.2. The highest BCUT2D eigenvalue weighted by atomic mass is 79.9. The summed E-state index contributed by atoms with van der Waals surface area (Å²) in [5.74, 6) is 1.76. The molecule has 0 amide bonds. The van der Waals surface area contributed by atoms with E-state index in [9.17, 15) is 8.42 Å². The average molecular weight is 433 g/mol. The smallest absolute Gasteiger partial charge is 0.175 e. The second kappa shape index (κ2) is 6.21. The molecule has 0 fully saturated rings. The molecule has 1 aliphatic rings. The fourth-order valence-electron chi connectivity index (χ4n) is 3.26. The lowest BCUT2D eigenvalue weighted by Crippen LogP contribution is -2.19. The van der Waals surface area contributed by atoms with Gasteiger partial charge in [0.25, 0.3) is 0 Å². The van der Waals surface area contributed by atoms with Crippen molar-refractivity contribution in [3.63, 3.8) is 0 Å². The summed E-state index contributed by atoms with van der Waals surface area (Å²) in [4.78, 5) is 2.50. The van der Waals surface area contributed by atoms with Gasteiger partial charge in [-0.1, -0.05) is 15.9 Å². The number of nitrogens with zero attached hydrogens (tertiary/aromatic N) is 4. The summed E-state index contributed by atoms with van der Waals surface area (Å²) in [7, 11) is -3.21. The van der Waals surface area contributed by atoms with E-state index in [0.717, 1.165) is 46.1 Å². The van der Waals surface area contributed by atoms with Gasteiger partial charge in [-0.05, 0) is 49.4 Å². The van der Waals surface area contributed by atoms with E-state index in [1.165, 1.54) is 6.26 Å². The Morgan fingerprint density at radius 1 is 1.04 bits per heavy atom. The SMILES string of the molecule is Cc1nnc2n1-c1ccc(Br)cc1N(c1ccc(S(C)(=O)=O)cc1)CC2. The van der Waals surface area contributed by atoms with Crippen LogP contribution in [0.15, 0.2) is 51.8 Å². The van der Waals surface area contributed by atoms with E-state index in [-0.39, 0.29) is 0 Å². The third-order valence-corrected chi connectivity index (χ3v) is 6.12. The quantitative estimate of drug-likeness (QED) is 0.620. The number of halogens is 1. The molecule has 0 N–H and O–H groups in total. The standard InChI is InChI=1S/C18H17BrN4O2S/c1-12-20-21-18-9-10-22(14-4-6-15(7-5-14)26(2,24)25)17-11-13(19)3-8-16(17)23(12)18/h3-8,11H,9-10H2,1-2H3. The van der Waals surface area contributed by atoms with Gasteiger partial charge in [0.2, 0.25) is 0 Å². The number of aryl methyl sites for hydroxylation is 1. The highest BCUT2D eigenvalue weighted by molar-refractivity contribution is 9.10. The summed E-state index contributed by atoms with van der Waals surface area (Å²) in [6.45, 7) is 2.67. The van der Waals surface area contributed by atoms with Crippen molar-refractivity contribution in [3.8, 4) is 5.69 Å². The Hall–Kier alpha value is -2.19. The molecule has 2 heterocycles. The maximum atomic E-state index is 11.7. The number of fused-ring (bicyclic) bond motifs is 3. The van der Waals surface area contributed by atoms with Crippen LogP contribution in [0.4, 0.5) is 11.4 Å². The second-order valence-electron chi connectivity index (χ2n) is 6.30. The predicted molar refractivity (Wildman–Crippen MR) is 104 cm³/mol. The molecular formula is C18H17BrN4O2S. The number of sulfone groups is 1. The molecule has 2 aromatic carbocycles. The number of hydrogen-bond acceptors (Lipinski definition) is 5. The van der Waals surface area contributed by atoms with Crippen LogP contribution in [0.5, 0.6) is 0 Å². The van der Waals surface area contributed by atoms with E-state index < -0.39 is 9.84 Å². The van der Waals surface area contributed by atoms with Crippen LogP contribution >= 0.6 is 15.9 Å². The van der Waals surface area contributed by atoms with Crippen LogP contribution in [-0.4, -0.2) is 36.0 Å². The lowest BCUT2D eigenvalue weighted by molar-refractivity contribution is 0.602. The molecule has 4 rings (SSSR count). The number of anilines is 2. The van der Waals surface area contributed by atoms with E-state index in [1.807, 2.05) is 31.2 Å². The van der Waals surface area contributed by atoms with E-state index in [1.54, 1.807) is 12.1 Å². The third-order valence-electron chi connectivity index (χ3n) is 4.50. The van der Waals surface area contributed by atoms with Crippen molar-refractivity contribution < 1.29 is 8.42 Å². The van der Waals surface area contributed by atoms with Gasteiger partial charge < -0.3 is 4.90 Å². The molecule has 0 spiro atoms. The van der Waals surface area contributed by atoms with Crippen LogP contribution in [-0.2, 0) is 16.3 Å². The van der Waals surface area contributed by atoms with E-state index in [2.05, 4.69) is 41.7 Å². The van der Waals surface area contributed by atoms with Gasteiger partial charge in [0.05, 0.1) is 16.3 Å². The highest BCUT2D eigenvalue weighted by Gasteiger charge is 2.24. The summed E-state index contributed by atoms with van der Waals surface area (Å²) in [5.41, 5.74) is 2.97. The molecule has 1 aromatic heterocycles. The zero-order valence-corrected chi connectivity index (χ0v) is 16.7. The minimum atomic E-state index is -3.21. The average Bonchev–Trinajstić information content (AvgIpc) is 2.87. The van der Waals surface area contributed by atoms with E-state index >= 15 is 0 Å². The Morgan fingerprint density at radius 3 is 2.46 bits per heavy atom. The largest absolute Gasteiger partial charge is 0.339 e. The maximum Gasteiger partial charge on any atom is 0.175 e. The third kappa shape index (κ3) is 2.93. The first-order valence-electron chi connectivity index (χ1n) is 8.13. The van der Waals surface area contributed by atoms with Crippen molar-refractivity contribution in [2.45, 2.75) is 18.2 Å². The minimum Gasteiger partial charge on any atom is -0.339 e. The van der Waals surface area contributed by atoms with Crippen LogP contribution in [0.25, 0.3) is 5.69 Å². The molecule has 0 bridgehead atoms. The fraction of sp³-hybridized carbons (Fsp3) is 0.222. The number of aromatic nitrogens is 3. The Bertz CT molecular complexity index is 1090. The van der Waals surface area contributed by atoms with E-state index in [0.29, 0.717) is 4.90 Å². The zero-order valence-electron chi connectivity index (χ0n) is 14.3. The zero-order chi connectivity index (χ0) is 18.5. The van der Waals surface area contributed by atoms with Gasteiger partial charge in [-0.15, -0.1) is 10.2 Å². The molecule has 0 unspecified atom stereocenters. The molecule has 134 valence electrons. The van der Waals surface area contributed by atoms with Crippen LogP contribution < -0.4 is 4.90 Å². The molecule has 0 atom stereocenters. The Morgan fingerprint density at radius 2 is 1.77 bits per heavy atom. The fourth-order valence-corrected chi connectivity index (χ4v) is 4.24. The molecule has 8 heteroatoms. The molecule has 0 saturated carbocycles. The summed E-state index contributed by atoms with van der Waals surface area (Å²) < 4.78 is 26.5. The first-order chi connectivity index (χ1) is 12.3. The molecule has 26 heavy (non-hydrogen) atoms. The lowest BCUT2D eigenvalue weighted by Gasteiger charge is -2.25. The highest BCUT2D eigenvalue weighted by Crippen LogP contribution is 2.36. The molecular weight excluding hydrogens is 416 g/mol. The van der Waals surface area contributed by atoms with Crippen LogP contribution in [0, 0.1) is 6.92 Å². The van der Waals surface area contributed by atoms with E-state index in [4.69, 9.17) is 0 Å². The maximum absolute atomic E-state index is 11.7. The van der Waals surface area contributed by atoms with Gasteiger partial charge in [-0.3, -0.25) is 4.57 Å². The van der Waals surface area contributed by atoms with Crippen molar-refractivity contribution >= 4 is 37.1 Å². The molecule has 6 nitrogen and oxygen atoms in total. The van der Waals surface area contributed by atoms with Gasteiger partial charge in [-0.25, -0.2) is 8.42 Å². The molecule has 0 aliphatic carbocycles. The number of hydrogen-bond donors (Lipinski definition) is 0. The molecule has 0 radical (unpaired) electrons. The van der Waals surface area contributed by atoms with Crippen molar-refractivity contribution in [2.75, 3.05) is 17.7 Å². The summed E-state index contributed by atoms with van der Waals surface area (Å²) in [6, 6.07) is 13.1. The van der Waals surface area contributed by atoms with Crippen molar-refractivity contribution in [1.29, 1.82) is 0 Å². The first-order valence-corrected chi connectivity index (χ1v) is 10.8. The second-order valence-corrected chi connectivity index (χ2v) is 9.23. The summed E-state index contributed by atoms with van der Waals surface area (Å²) in [6.07, 6.45) is 1.95. The van der Waals surface area contributed by atoms with Gasteiger partial charge in [0, 0.05) is 29.4 Å². The number of benzene rings is 2. The monoisotopic (exact) mass is 432 g/mol. The van der Waals surface area contributed by atoms with Crippen molar-refractivity contribution in [3.05, 3.63) is 58.6 Å². The predicted octanol–water partition coefficient (Wildman–Crippen LogP) is 3.44. The summed E-state index contributed by atoms with van der Waals surface area (Å²) in [5, 5.41) is 8.52. The number of rotatable bonds is 2. The summed E-state index contributed by atoms with van der Waals surface area (Å²) >= 11 is 3.56. The van der Waals surface area contributed by atoms with Crippen molar-refractivity contribution in [1.82, 2.24) is 14.8 Å². The minimum absolute atomic E-state index is 0.318. The van der Waals surface area contributed by atoms with Gasteiger partial charge >= 0.3 is 0 Å².